The first kappa shape index (κ1) is 11.9. The molecule has 2 aliphatic rings. The van der Waals surface area contributed by atoms with Gasteiger partial charge in [-0.3, -0.25) is 4.79 Å². The molecule has 0 unspecified atom stereocenters. The molecule has 0 bridgehead atoms. The summed E-state index contributed by atoms with van der Waals surface area (Å²) in [6, 6.07) is 0. The minimum atomic E-state index is -0.797. The van der Waals surface area contributed by atoms with Gasteiger partial charge in [-0.2, -0.15) is 0 Å². The molecule has 0 atom stereocenters. The van der Waals surface area contributed by atoms with E-state index >= 15 is 0 Å². The standard InChI is InChI=1S/C13H22O3/c14-11(15)3-6-13(16)9-7-12(8-10-13)4-1-2-5-12/h16H,1-10H2,(H,14,15). The van der Waals surface area contributed by atoms with Crippen LogP contribution < -0.4 is 0 Å². The van der Waals surface area contributed by atoms with E-state index in [9.17, 15) is 9.90 Å². The lowest BCUT2D eigenvalue weighted by Gasteiger charge is -2.42. The third-order valence-electron chi connectivity index (χ3n) is 4.71. The van der Waals surface area contributed by atoms with E-state index in [1.165, 1.54) is 25.7 Å². The summed E-state index contributed by atoms with van der Waals surface area (Å²) in [5.74, 6) is -0.797. The average Bonchev–Trinajstić information content (AvgIpc) is 2.70. The average molecular weight is 226 g/mol. The van der Waals surface area contributed by atoms with Crippen molar-refractivity contribution in [2.45, 2.75) is 69.8 Å². The summed E-state index contributed by atoms with van der Waals surface area (Å²) in [5.41, 5.74) is -0.179. The minimum absolute atomic E-state index is 0.101. The summed E-state index contributed by atoms with van der Waals surface area (Å²) < 4.78 is 0. The molecule has 3 nitrogen and oxygen atoms in total. The van der Waals surface area contributed by atoms with Crippen molar-refractivity contribution in [3.63, 3.8) is 0 Å². The van der Waals surface area contributed by atoms with Crippen molar-refractivity contribution in [2.75, 3.05) is 0 Å². The summed E-state index contributed by atoms with van der Waals surface area (Å²) in [5, 5.41) is 19.0. The molecule has 92 valence electrons. The topological polar surface area (TPSA) is 57.5 Å². The van der Waals surface area contributed by atoms with E-state index in [0.29, 0.717) is 11.8 Å². The molecule has 16 heavy (non-hydrogen) atoms. The third-order valence-corrected chi connectivity index (χ3v) is 4.71. The fourth-order valence-electron chi connectivity index (χ4n) is 3.46. The third kappa shape index (κ3) is 2.57. The van der Waals surface area contributed by atoms with Gasteiger partial charge in [0, 0.05) is 6.42 Å². The molecule has 2 fully saturated rings. The fraction of sp³-hybridized carbons (Fsp3) is 0.923. The Hall–Kier alpha value is -0.570. The van der Waals surface area contributed by atoms with Gasteiger partial charge in [-0.25, -0.2) is 0 Å². The van der Waals surface area contributed by atoms with E-state index < -0.39 is 11.6 Å². The Bertz CT molecular complexity index is 256. The maximum absolute atomic E-state index is 10.5. The lowest BCUT2D eigenvalue weighted by Crippen LogP contribution is -2.38. The predicted molar refractivity (Wildman–Crippen MR) is 61.2 cm³/mol. The molecule has 0 aliphatic heterocycles. The Morgan fingerprint density at radius 1 is 1.00 bits per heavy atom. The van der Waals surface area contributed by atoms with Crippen molar-refractivity contribution >= 4 is 5.97 Å². The van der Waals surface area contributed by atoms with Gasteiger partial charge in [0.15, 0.2) is 0 Å². The molecule has 2 saturated carbocycles. The molecular formula is C13H22O3. The van der Waals surface area contributed by atoms with Crippen LogP contribution in [0.2, 0.25) is 0 Å². The van der Waals surface area contributed by atoms with Crippen LogP contribution in [0.5, 0.6) is 0 Å². The van der Waals surface area contributed by atoms with Crippen molar-refractivity contribution in [3.05, 3.63) is 0 Å². The monoisotopic (exact) mass is 226 g/mol. The summed E-state index contributed by atoms with van der Waals surface area (Å²) >= 11 is 0. The molecule has 2 rings (SSSR count). The highest BCUT2D eigenvalue weighted by Gasteiger charge is 2.42. The van der Waals surface area contributed by atoms with Crippen LogP contribution in [0.15, 0.2) is 0 Å². The first-order chi connectivity index (χ1) is 7.54. The Kier molecular flexibility index (Phi) is 3.24. The maximum atomic E-state index is 10.5. The van der Waals surface area contributed by atoms with Gasteiger partial charge < -0.3 is 10.2 Å². The molecule has 0 radical (unpaired) electrons. The molecule has 0 heterocycles. The molecule has 2 aliphatic carbocycles. The molecule has 0 aromatic carbocycles. The van der Waals surface area contributed by atoms with Gasteiger partial charge in [0.1, 0.15) is 0 Å². The molecule has 0 aromatic rings. The van der Waals surface area contributed by atoms with Crippen molar-refractivity contribution in [3.8, 4) is 0 Å². The quantitative estimate of drug-likeness (QED) is 0.778. The number of aliphatic hydroxyl groups is 1. The van der Waals surface area contributed by atoms with Crippen LogP contribution in [0.1, 0.15) is 64.2 Å². The zero-order valence-electron chi connectivity index (χ0n) is 9.87. The van der Waals surface area contributed by atoms with E-state index in [0.717, 1.165) is 25.7 Å². The van der Waals surface area contributed by atoms with Gasteiger partial charge in [0.2, 0.25) is 0 Å². The van der Waals surface area contributed by atoms with Gasteiger partial charge in [0.05, 0.1) is 5.60 Å². The molecule has 1 spiro atoms. The number of carbonyl (C=O) groups is 1. The lowest BCUT2D eigenvalue weighted by molar-refractivity contribution is -0.139. The normalized spacial score (nSPS) is 27.1. The van der Waals surface area contributed by atoms with E-state index in [1.54, 1.807) is 0 Å². The summed E-state index contributed by atoms with van der Waals surface area (Å²) in [7, 11) is 0. The van der Waals surface area contributed by atoms with Crippen LogP contribution in [-0.4, -0.2) is 21.8 Å². The molecule has 0 aromatic heterocycles. The van der Waals surface area contributed by atoms with Crippen LogP contribution in [0.25, 0.3) is 0 Å². The van der Waals surface area contributed by atoms with Crippen LogP contribution >= 0.6 is 0 Å². The summed E-state index contributed by atoms with van der Waals surface area (Å²) in [6.07, 6.45) is 9.67. The maximum Gasteiger partial charge on any atom is 0.303 e. The second kappa shape index (κ2) is 4.36. The highest BCUT2D eigenvalue weighted by molar-refractivity contribution is 5.66. The van der Waals surface area contributed by atoms with Crippen LogP contribution in [-0.2, 0) is 4.79 Å². The number of carboxylic acids is 1. The van der Waals surface area contributed by atoms with Crippen LogP contribution in [0.4, 0.5) is 0 Å². The number of aliphatic carboxylic acids is 1. The SMILES string of the molecule is O=C(O)CCC1(O)CCC2(CCCC2)CC1. The second-order valence-electron chi connectivity index (χ2n) is 5.83. The highest BCUT2D eigenvalue weighted by Crippen LogP contribution is 2.51. The van der Waals surface area contributed by atoms with Gasteiger partial charge in [-0.15, -0.1) is 0 Å². The summed E-state index contributed by atoms with van der Waals surface area (Å²) in [6.45, 7) is 0. The van der Waals surface area contributed by atoms with Crippen molar-refractivity contribution in [2.24, 2.45) is 5.41 Å². The lowest BCUT2D eigenvalue weighted by atomic mass is 9.67. The zero-order chi connectivity index (χ0) is 11.6. The molecule has 2 N–H and O–H groups in total. The first-order valence-corrected chi connectivity index (χ1v) is 6.48. The van der Waals surface area contributed by atoms with E-state index in [4.69, 9.17) is 5.11 Å². The van der Waals surface area contributed by atoms with E-state index in [-0.39, 0.29) is 6.42 Å². The smallest absolute Gasteiger partial charge is 0.303 e. The molecule has 3 heteroatoms. The largest absolute Gasteiger partial charge is 0.481 e. The van der Waals surface area contributed by atoms with Gasteiger partial charge in [-0.05, 0) is 50.4 Å². The Morgan fingerprint density at radius 2 is 1.56 bits per heavy atom. The van der Waals surface area contributed by atoms with E-state index in [2.05, 4.69) is 0 Å². The van der Waals surface area contributed by atoms with Gasteiger partial charge >= 0.3 is 5.97 Å². The van der Waals surface area contributed by atoms with Crippen LogP contribution in [0.3, 0.4) is 0 Å². The van der Waals surface area contributed by atoms with E-state index in [1.807, 2.05) is 0 Å². The fourth-order valence-corrected chi connectivity index (χ4v) is 3.46. The highest BCUT2D eigenvalue weighted by atomic mass is 16.4. The molecule has 0 amide bonds. The zero-order valence-corrected chi connectivity index (χ0v) is 9.87. The Labute approximate surface area is 96.9 Å². The summed E-state index contributed by atoms with van der Waals surface area (Å²) in [4.78, 5) is 10.5. The number of hydrogen-bond acceptors (Lipinski definition) is 2. The second-order valence-corrected chi connectivity index (χ2v) is 5.83. The van der Waals surface area contributed by atoms with Gasteiger partial charge in [-0.1, -0.05) is 12.8 Å². The number of carboxylic acid groups (broad SMARTS) is 1. The first-order valence-electron chi connectivity index (χ1n) is 6.48. The van der Waals surface area contributed by atoms with Crippen molar-refractivity contribution in [1.82, 2.24) is 0 Å². The Balaban J connectivity index is 1.85. The van der Waals surface area contributed by atoms with Crippen molar-refractivity contribution in [1.29, 1.82) is 0 Å². The molecular weight excluding hydrogens is 204 g/mol. The number of rotatable bonds is 3. The number of hydrogen-bond donors (Lipinski definition) is 2. The minimum Gasteiger partial charge on any atom is -0.481 e. The van der Waals surface area contributed by atoms with Gasteiger partial charge in [0.25, 0.3) is 0 Å². The Morgan fingerprint density at radius 3 is 2.06 bits per heavy atom. The predicted octanol–water partition coefficient (Wildman–Crippen LogP) is 2.72. The molecule has 0 saturated heterocycles. The van der Waals surface area contributed by atoms with Crippen LogP contribution in [0, 0.1) is 5.41 Å². The van der Waals surface area contributed by atoms with Crippen molar-refractivity contribution < 1.29 is 15.0 Å².